The van der Waals surface area contributed by atoms with Gasteiger partial charge in [0.05, 0.1) is 10.7 Å². The van der Waals surface area contributed by atoms with Crippen LogP contribution in [0.1, 0.15) is 43.6 Å². The molecule has 1 aromatic rings. The lowest BCUT2D eigenvalue weighted by molar-refractivity contribution is 0.0622. The average Bonchev–Trinajstić information content (AvgIpc) is 2.70. The summed E-state index contributed by atoms with van der Waals surface area (Å²) in [5, 5.41) is 4.20. The van der Waals surface area contributed by atoms with Crippen LogP contribution >= 0.6 is 15.9 Å². The minimum atomic E-state index is 0.100. The highest BCUT2D eigenvalue weighted by Gasteiger charge is 2.27. The Morgan fingerprint density at radius 2 is 2.35 bits per heavy atom. The van der Waals surface area contributed by atoms with Gasteiger partial charge in [-0.3, -0.25) is 9.48 Å². The maximum Gasteiger partial charge on any atom is 0.273 e. The van der Waals surface area contributed by atoms with Crippen LogP contribution in [0.5, 0.6) is 0 Å². The van der Waals surface area contributed by atoms with Crippen LogP contribution in [0.15, 0.2) is 10.7 Å². The van der Waals surface area contributed by atoms with Crippen molar-refractivity contribution in [2.75, 3.05) is 6.54 Å². The molecule has 94 valence electrons. The maximum atomic E-state index is 12.5. The molecule has 1 aromatic heterocycles. The number of hydrogen-bond donors (Lipinski definition) is 0. The number of carbonyl (C=O) groups is 1. The molecule has 0 N–H and O–H groups in total. The quantitative estimate of drug-likeness (QED) is 0.842. The van der Waals surface area contributed by atoms with Gasteiger partial charge >= 0.3 is 0 Å². The molecular formula is C12H18BrN3O. The summed E-state index contributed by atoms with van der Waals surface area (Å²) in [4.78, 5) is 14.5. The smallest absolute Gasteiger partial charge is 0.273 e. The summed E-state index contributed by atoms with van der Waals surface area (Å²) >= 11 is 3.41. The lowest BCUT2D eigenvalue weighted by atomic mass is 10.0. The molecule has 1 aliphatic heterocycles. The molecule has 4 nitrogen and oxygen atoms in total. The minimum absolute atomic E-state index is 0.100. The minimum Gasteiger partial charge on any atom is -0.335 e. The molecule has 2 rings (SSSR count). The van der Waals surface area contributed by atoms with Gasteiger partial charge in [0.1, 0.15) is 5.69 Å². The van der Waals surface area contributed by atoms with Gasteiger partial charge in [-0.1, -0.05) is 0 Å². The van der Waals surface area contributed by atoms with Gasteiger partial charge in [-0.15, -0.1) is 0 Å². The van der Waals surface area contributed by atoms with E-state index in [1.54, 1.807) is 10.9 Å². The monoisotopic (exact) mass is 299 g/mol. The number of carbonyl (C=O) groups excluding carboxylic acids is 1. The Labute approximate surface area is 110 Å². The molecule has 0 aromatic carbocycles. The van der Waals surface area contributed by atoms with Crippen molar-refractivity contribution in [3.8, 4) is 0 Å². The zero-order valence-electron chi connectivity index (χ0n) is 10.3. The Bertz CT molecular complexity index is 416. The van der Waals surface area contributed by atoms with Crippen LogP contribution in [0, 0.1) is 0 Å². The van der Waals surface area contributed by atoms with E-state index in [2.05, 4.69) is 28.0 Å². The van der Waals surface area contributed by atoms with Crippen molar-refractivity contribution < 1.29 is 4.79 Å². The summed E-state index contributed by atoms with van der Waals surface area (Å²) < 4.78 is 2.55. The largest absolute Gasteiger partial charge is 0.335 e. The van der Waals surface area contributed by atoms with Gasteiger partial charge in [-0.05, 0) is 49.0 Å². The van der Waals surface area contributed by atoms with Crippen molar-refractivity contribution in [2.45, 2.75) is 45.7 Å². The summed E-state index contributed by atoms with van der Waals surface area (Å²) in [6, 6.07) is 0.336. The highest BCUT2D eigenvalue weighted by atomic mass is 79.9. The van der Waals surface area contributed by atoms with Gasteiger partial charge < -0.3 is 4.90 Å². The van der Waals surface area contributed by atoms with Crippen molar-refractivity contribution in [3.63, 3.8) is 0 Å². The molecule has 17 heavy (non-hydrogen) atoms. The third-order valence-corrected chi connectivity index (χ3v) is 3.94. The number of likely N-dealkylation sites (tertiary alicyclic amines) is 1. The molecule has 1 aliphatic rings. The predicted octanol–water partition coefficient (Wildman–Crippen LogP) is 2.68. The van der Waals surface area contributed by atoms with Crippen LogP contribution in [0.3, 0.4) is 0 Å². The molecule has 0 bridgehead atoms. The molecule has 0 spiro atoms. The fourth-order valence-electron chi connectivity index (χ4n) is 2.35. The lowest BCUT2D eigenvalue weighted by Crippen LogP contribution is -2.42. The molecule has 0 aliphatic carbocycles. The van der Waals surface area contributed by atoms with Crippen LogP contribution in [0.4, 0.5) is 0 Å². The molecule has 0 saturated carbocycles. The van der Waals surface area contributed by atoms with Crippen molar-refractivity contribution in [2.24, 2.45) is 0 Å². The van der Waals surface area contributed by atoms with Crippen LogP contribution in [0.25, 0.3) is 0 Å². The van der Waals surface area contributed by atoms with Gasteiger partial charge in [-0.25, -0.2) is 0 Å². The number of piperidine rings is 1. The van der Waals surface area contributed by atoms with E-state index in [1.165, 1.54) is 6.42 Å². The number of aryl methyl sites for hydroxylation is 1. The van der Waals surface area contributed by atoms with Crippen LogP contribution < -0.4 is 0 Å². The molecule has 5 heteroatoms. The molecule has 1 atom stereocenters. The topological polar surface area (TPSA) is 38.1 Å². The number of hydrogen-bond acceptors (Lipinski definition) is 2. The first-order chi connectivity index (χ1) is 8.15. The number of nitrogens with zero attached hydrogens (tertiary/aromatic N) is 3. The highest BCUT2D eigenvalue weighted by Crippen LogP contribution is 2.23. The molecule has 0 unspecified atom stereocenters. The van der Waals surface area contributed by atoms with E-state index >= 15 is 0 Å². The van der Waals surface area contributed by atoms with Gasteiger partial charge in [0.2, 0.25) is 0 Å². The maximum absolute atomic E-state index is 12.5. The third-order valence-electron chi connectivity index (χ3n) is 3.36. The van der Waals surface area contributed by atoms with Crippen molar-refractivity contribution >= 4 is 21.8 Å². The number of rotatable bonds is 2. The Kier molecular flexibility index (Phi) is 3.86. The molecule has 2 heterocycles. The third kappa shape index (κ3) is 2.39. The van der Waals surface area contributed by atoms with Gasteiger partial charge in [0.15, 0.2) is 0 Å². The molecule has 1 fully saturated rings. The van der Waals surface area contributed by atoms with Crippen molar-refractivity contribution in [1.82, 2.24) is 14.7 Å². The van der Waals surface area contributed by atoms with Gasteiger partial charge in [-0.2, -0.15) is 5.10 Å². The van der Waals surface area contributed by atoms with E-state index in [4.69, 9.17) is 0 Å². The first-order valence-electron chi connectivity index (χ1n) is 6.17. The van der Waals surface area contributed by atoms with Gasteiger partial charge in [0, 0.05) is 19.1 Å². The Morgan fingerprint density at radius 3 is 3.00 bits per heavy atom. The number of aromatic nitrogens is 2. The highest BCUT2D eigenvalue weighted by molar-refractivity contribution is 9.10. The van der Waals surface area contributed by atoms with E-state index in [0.717, 1.165) is 30.4 Å². The van der Waals surface area contributed by atoms with E-state index in [9.17, 15) is 4.79 Å². The molecule has 0 radical (unpaired) electrons. The van der Waals surface area contributed by atoms with E-state index in [0.29, 0.717) is 11.7 Å². The molecule has 1 amide bonds. The number of amides is 1. The van der Waals surface area contributed by atoms with Crippen LogP contribution in [-0.4, -0.2) is 33.2 Å². The zero-order chi connectivity index (χ0) is 12.4. The van der Waals surface area contributed by atoms with Gasteiger partial charge in [0.25, 0.3) is 5.91 Å². The second-order valence-electron chi connectivity index (χ2n) is 4.50. The summed E-state index contributed by atoms with van der Waals surface area (Å²) in [6.45, 7) is 5.70. The SMILES string of the molecule is CCn1ncc(Br)c1C(=O)N1CCCC[C@@H]1C. The Balaban J connectivity index is 2.26. The summed E-state index contributed by atoms with van der Waals surface area (Å²) in [6.07, 6.45) is 5.13. The fourth-order valence-corrected chi connectivity index (χ4v) is 2.82. The Morgan fingerprint density at radius 1 is 1.59 bits per heavy atom. The first-order valence-corrected chi connectivity index (χ1v) is 6.96. The Hall–Kier alpha value is -0.840. The predicted molar refractivity (Wildman–Crippen MR) is 70.0 cm³/mol. The second-order valence-corrected chi connectivity index (χ2v) is 5.35. The van der Waals surface area contributed by atoms with E-state index in [-0.39, 0.29) is 5.91 Å². The second kappa shape index (κ2) is 5.21. The standard InChI is InChI=1S/C12H18BrN3O/c1-3-16-11(10(13)8-14-16)12(17)15-7-5-4-6-9(15)2/h8-9H,3-7H2,1-2H3/t9-/m0/s1. The summed E-state index contributed by atoms with van der Waals surface area (Å²) in [5.74, 6) is 0.100. The van der Waals surface area contributed by atoms with Crippen molar-refractivity contribution in [1.29, 1.82) is 0 Å². The normalized spacial score (nSPS) is 20.6. The number of halogens is 1. The van der Waals surface area contributed by atoms with Crippen molar-refractivity contribution in [3.05, 3.63) is 16.4 Å². The van der Waals surface area contributed by atoms with Crippen LogP contribution in [-0.2, 0) is 6.54 Å². The zero-order valence-corrected chi connectivity index (χ0v) is 11.9. The lowest BCUT2D eigenvalue weighted by Gasteiger charge is -2.33. The van der Waals surface area contributed by atoms with E-state index in [1.807, 2.05) is 11.8 Å². The summed E-state index contributed by atoms with van der Waals surface area (Å²) in [5.41, 5.74) is 0.682. The summed E-state index contributed by atoms with van der Waals surface area (Å²) in [7, 11) is 0. The average molecular weight is 300 g/mol. The van der Waals surface area contributed by atoms with Crippen LogP contribution in [0.2, 0.25) is 0 Å². The van der Waals surface area contributed by atoms with E-state index < -0.39 is 0 Å². The fraction of sp³-hybridized carbons (Fsp3) is 0.667. The first kappa shape index (κ1) is 12.6. The molecular weight excluding hydrogens is 282 g/mol. The molecule has 1 saturated heterocycles.